The largest absolute Gasteiger partial charge is 0.491 e. The number of para-hydroxylation sites is 1. The van der Waals surface area contributed by atoms with Crippen LogP contribution < -0.4 is 10.1 Å². The van der Waals surface area contributed by atoms with Gasteiger partial charge in [0.2, 0.25) is 0 Å². The molecule has 4 nitrogen and oxygen atoms in total. The molecule has 0 fully saturated rings. The van der Waals surface area contributed by atoms with Crippen LogP contribution in [-0.4, -0.2) is 26.2 Å². The van der Waals surface area contributed by atoms with Crippen molar-refractivity contribution in [1.82, 2.24) is 0 Å². The van der Waals surface area contributed by atoms with Crippen molar-refractivity contribution in [2.24, 2.45) is 0 Å². The molecule has 0 heterocycles. The van der Waals surface area contributed by atoms with Gasteiger partial charge in [-0.25, -0.2) is 4.79 Å². The lowest BCUT2D eigenvalue weighted by molar-refractivity contribution is 0.0602. The Morgan fingerprint density at radius 1 is 1.22 bits per heavy atom. The summed E-state index contributed by atoms with van der Waals surface area (Å²) in [5.74, 6) is 0.435. The number of carbonyl (C=O) groups excluding carboxylic acids is 1. The molecular formula is C18H20ClNO3. The van der Waals surface area contributed by atoms with Crippen molar-refractivity contribution < 1.29 is 14.3 Å². The van der Waals surface area contributed by atoms with Crippen LogP contribution in [0.3, 0.4) is 0 Å². The van der Waals surface area contributed by atoms with Gasteiger partial charge in [-0.2, -0.15) is 0 Å². The average Bonchev–Trinajstić information content (AvgIpc) is 2.54. The van der Waals surface area contributed by atoms with Crippen LogP contribution in [0.5, 0.6) is 5.75 Å². The predicted octanol–water partition coefficient (Wildman–Crippen LogP) is 4.23. The van der Waals surface area contributed by atoms with Gasteiger partial charge in [-0.15, -0.1) is 0 Å². The second kappa shape index (κ2) is 7.88. The van der Waals surface area contributed by atoms with E-state index in [9.17, 15) is 4.79 Å². The molecule has 23 heavy (non-hydrogen) atoms. The molecule has 0 aliphatic rings. The Morgan fingerprint density at radius 3 is 2.74 bits per heavy atom. The molecule has 0 aromatic heterocycles. The van der Waals surface area contributed by atoms with Crippen LogP contribution in [0.1, 0.15) is 21.5 Å². The highest BCUT2D eigenvalue weighted by molar-refractivity contribution is 6.34. The minimum absolute atomic E-state index is 0.409. The standard InChI is InChI=1S/C18H20ClNO3/c1-12-7-8-13(2)16(11-12)23-10-9-20-17-14(18(21)22-3)5-4-6-15(17)19/h4-8,11,20H,9-10H2,1-3H3. The first-order valence-corrected chi connectivity index (χ1v) is 7.71. The fourth-order valence-corrected chi connectivity index (χ4v) is 2.43. The average molecular weight is 334 g/mol. The molecule has 122 valence electrons. The van der Waals surface area contributed by atoms with Crippen molar-refractivity contribution in [3.63, 3.8) is 0 Å². The zero-order valence-electron chi connectivity index (χ0n) is 13.5. The van der Waals surface area contributed by atoms with Gasteiger partial charge in [0, 0.05) is 6.54 Å². The molecule has 1 N–H and O–H groups in total. The Labute approximate surface area is 141 Å². The smallest absolute Gasteiger partial charge is 0.340 e. The van der Waals surface area contributed by atoms with Crippen LogP contribution in [0, 0.1) is 13.8 Å². The van der Waals surface area contributed by atoms with Crippen molar-refractivity contribution >= 4 is 23.3 Å². The third-order valence-corrected chi connectivity index (χ3v) is 3.74. The Bertz CT molecular complexity index is 701. The highest BCUT2D eigenvalue weighted by atomic mass is 35.5. The van der Waals surface area contributed by atoms with E-state index in [1.165, 1.54) is 7.11 Å². The quantitative estimate of drug-likeness (QED) is 0.634. The van der Waals surface area contributed by atoms with Crippen LogP contribution in [0.4, 0.5) is 5.69 Å². The maximum Gasteiger partial charge on any atom is 0.340 e. The molecule has 0 saturated heterocycles. The van der Waals surface area contributed by atoms with Crippen molar-refractivity contribution in [1.29, 1.82) is 0 Å². The van der Waals surface area contributed by atoms with E-state index < -0.39 is 5.97 Å². The summed E-state index contributed by atoms with van der Waals surface area (Å²) >= 11 is 6.16. The topological polar surface area (TPSA) is 47.6 Å². The lowest BCUT2D eigenvalue weighted by Crippen LogP contribution is -2.15. The van der Waals surface area contributed by atoms with Crippen LogP contribution in [0.2, 0.25) is 5.02 Å². The van der Waals surface area contributed by atoms with E-state index in [0.717, 1.165) is 16.9 Å². The van der Waals surface area contributed by atoms with Crippen molar-refractivity contribution in [3.05, 3.63) is 58.1 Å². The van der Waals surface area contributed by atoms with E-state index in [4.69, 9.17) is 21.1 Å². The normalized spacial score (nSPS) is 10.3. The summed E-state index contributed by atoms with van der Waals surface area (Å²) in [6, 6.07) is 11.2. The number of esters is 1. The number of methoxy groups -OCH3 is 1. The number of halogens is 1. The Morgan fingerprint density at radius 2 is 2.00 bits per heavy atom. The molecule has 2 aromatic rings. The summed E-state index contributed by atoms with van der Waals surface area (Å²) in [4.78, 5) is 11.8. The number of hydrogen-bond donors (Lipinski definition) is 1. The molecule has 0 bridgehead atoms. The van der Waals surface area contributed by atoms with Crippen LogP contribution in [-0.2, 0) is 4.74 Å². The molecule has 0 amide bonds. The third-order valence-electron chi connectivity index (χ3n) is 3.42. The number of nitrogens with one attached hydrogen (secondary N) is 1. The molecule has 0 radical (unpaired) electrons. The number of benzene rings is 2. The van der Waals surface area contributed by atoms with Crippen LogP contribution >= 0.6 is 11.6 Å². The van der Waals surface area contributed by atoms with E-state index in [0.29, 0.717) is 29.4 Å². The highest BCUT2D eigenvalue weighted by Gasteiger charge is 2.14. The molecule has 0 aliphatic heterocycles. The first-order chi connectivity index (χ1) is 11.0. The fraction of sp³-hybridized carbons (Fsp3) is 0.278. The summed E-state index contributed by atoms with van der Waals surface area (Å²) < 4.78 is 10.6. The monoisotopic (exact) mass is 333 g/mol. The van der Waals surface area contributed by atoms with Crippen molar-refractivity contribution in [2.75, 3.05) is 25.6 Å². The van der Waals surface area contributed by atoms with Gasteiger partial charge in [0.05, 0.1) is 23.4 Å². The summed E-state index contributed by atoms with van der Waals surface area (Å²) in [5.41, 5.74) is 3.21. The van der Waals surface area contributed by atoms with E-state index in [-0.39, 0.29) is 0 Å². The van der Waals surface area contributed by atoms with Gasteiger partial charge in [-0.05, 0) is 43.2 Å². The predicted molar refractivity (Wildman–Crippen MR) is 92.7 cm³/mol. The van der Waals surface area contributed by atoms with Crippen LogP contribution in [0.15, 0.2) is 36.4 Å². The molecule has 0 saturated carbocycles. The van der Waals surface area contributed by atoms with E-state index in [1.54, 1.807) is 18.2 Å². The van der Waals surface area contributed by atoms with Gasteiger partial charge in [-0.1, -0.05) is 29.8 Å². The number of hydrogen-bond acceptors (Lipinski definition) is 4. The minimum atomic E-state index is -0.426. The fourth-order valence-electron chi connectivity index (χ4n) is 2.18. The zero-order valence-corrected chi connectivity index (χ0v) is 14.2. The van der Waals surface area contributed by atoms with Crippen molar-refractivity contribution in [3.8, 4) is 5.75 Å². The summed E-state index contributed by atoms with van der Waals surface area (Å²) in [7, 11) is 1.34. The molecule has 0 unspecified atom stereocenters. The molecule has 2 rings (SSSR count). The molecule has 0 aliphatic carbocycles. The minimum Gasteiger partial charge on any atom is -0.491 e. The summed E-state index contributed by atoms with van der Waals surface area (Å²) in [6.07, 6.45) is 0. The second-order valence-electron chi connectivity index (χ2n) is 5.20. The van der Waals surface area contributed by atoms with Gasteiger partial charge in [-0.3, -0.25) is 0 Å². The third kappa shape index (κ3) is 4.39. The Balaban J connectivity index is 1.99. The summed E-state index contributed by atoms with van der Waals surface area (Å²) in [5, 5.41) is 3.62. The van der Waals surface area contributed by atoms with E-state index >= 15 is 0 Å². The van der Waals surface area contributed by atoms with E-state index in [2.05, 4.69) is 5.32 Å². The van der Waals surface area contributed by atoms with Gasteiger partial charge < -0.3 is 14.8 Å². The molecular weight excluding hydrogens is 314 g/mol. The second-order valence-corrected chi connectivity index (χ2v) is 5.61. The molecule has 0 spiro atoms. The van der Waals surface area contributed by atoms with Crippen molar-refractivity contribution in [2.45, 2.75) is 13.8 Å². The zero-order chi connectivity index (χ0) is 16.8. The molecule has 2 aromatic carbocycles. The molecule has 0 atom stereocenters. The van der Waals surface area contributed by atoms with Gasteiger partial charge in [0.15, 0.2) is 0 Å². The van der Waals surface area contributed by atoms with Gasteiger partial charge >= 0.3 is 5.97 Å². The lowest BCUT2D eigenvalue weighted by atomic mass is 10.1. The maximum atomic E-state index is 11.8. The molecule has 5 heteroatoms. The lowest BCUT2D eigenvalue weighted by Gasteiger charge is -2.14. The Kier molecular flexibility index (Phi) is 5.88. The van der Waals surface area contributed by atoms with E-state index in [1.807, 2.05) is 32.0 Å². The number of carbonyl (C=O) groups is 1. The first kappa shape index (κ1) is 17.2. The van der Waals surface area contributed by atoms with Gasteiger partial charge in [0.1, 0.15) is 12.4 Å². The number of ether oxygens (including phenoxy) is 2. The SMILES string of the molecule is COC(=O)c1cccc(Cl)c1NCCOc1cc(C)ccc1C. The number of aryl methyl sites for hydroxylation is 2. The Hall–Kier alpha value is -2.20. The highest BCUT2D eigenvalue weighted by Crippen LogP contribution is 2.26. The first-order valence-electron chi connectivity index (χ1n) is 7.33. The number of anilines is 1. The number of rotatable bonds is 6. The van der Waals surface area contributed by atoms with Gasteiger partial charge in [0.25, 0.3) is 0 Å². The summed E-state index contributed by atoms with van der Waals surface area (Å²) in [6.45, 7) is 5.00. The van der Waals surface area contributed by atoms with Crippen LogP contribution in [0.25, 0.3) is 0 Å². The maximum absolute atomic E-state index is 11.8.